The summed E-state index contributed by atoms with van der Waals surface area (Å²) in [6, 6.07) is 7.16. The van der Waals surface area contributed by atoms with Crippen LogP contribution < -0.4 is 5.32 Å². The van der Waals surface area contributed by atoms with Gasteiger partial charge in [0.1, 0.15) is 11.6 Å². The summed E-state index contributed by atoms with van der Waals surface area (Å²) in [5.41, 5.74) is 1.00. The highest BCUT2D eigenvalue weighted by Gasteiger charge is 2.20. The van der Waals surface area contributed by atoms with E-state index in [2.05, 4.69) is 37.2 Å². The number of hydrogen-bond donors (Lipinski definition) is 1. The Morgan fingerprint density at radius 1 is 1.10 bits per heavy atom. The second kappa shape index (κ2) is 7.18. The Morgan fingerprint density at radius 2 is 1.81 bits per heavy atom. The van der Waals surface area contributed by atoms with E-state index >= 15 is 0 Å². The van der Waals surface area contributed by atoms with Gasteiger partial charge in [0.15, 0.2) is 0 Å². The van der Waals surface area contributed by atoms with Crippen molar-refractivity contribution in [3.05, 3.63) is 67.1 Å². The highest BCUT2D eigenvalue weighted by Crippen LogP contribution is 2.31. The second-order valence-corrected chi connectivity index (χ2v) is 6.69. The van der Waals surface area contributed by atoms with Crippen molar-refractivity contribution < 1.29 is 8.78 Å². The molecule has 2 rings (SSSR count). The van der Waals surface area contributed by atoms with Crippen LogP contribution in [0, 0.1) is 11.6 Å². The molecule has 0 aliphatic carbocycles. The molecule has 0 saturated heterocycles. The minimum absolute atomic E-state index is 0.103. The molecule has 112 valence electrons. The van der Waals surface area contributed by atoms with Gasteiger partial charge in [0.05, 0.1) is 10.5 Å². The SMILES string of the molecule is CCNC(c1cc(Cl)cc(Br)c1)c1cc(F)c(Br)cc1F. The summed E-state index contributed by atoms with van der Waals surface area (Å²) in [5, 5.41) is 3.68. The molecule has 1 atom stereocenters. The third-order valence-corrected chi connectivity index (χ3v) is 4.26. The summed E-state index contributed by atoms with van der Waals surface area (Å²) in [7, 11) is 0. The maximum Gasteiger partial charge on any atom is 0.137 e. The molecule has 0 spiro atoms. The van der Waals surface area contributed by atoms with Gasteiger partial charge in [-0.3, -0.25) is 0 Å². The van der Waals surface area contributed by atoms with Crippen molar-refractivity contribution in [2.75, 3.05) is 6.54 Å². The monoisotopic (exact) mass is 437 g/mol. The standard InChI is InChI=1S/C15H12Br2ClF2N/c1-2-21-15(8-3-9(16)5-10(18)4-8)11-6-14(20)12(17)7-13(11)19/h3-7,15,21H,2H2,1H3. The zero-order valence-electron chi connectivity index (χ0n) is 11.1. The zero-order valence-corrected chi connectivity index (χ0v) is 15.0. The Morgan fingerprint density at radius 3 is 2.43 bits per heavy atom. The van der Waals surface area contributed by atoms with Gasteiger partial charge >= 0.3 is 0 Å². The fourth-order valence-electron chi connectivity index (χ4n) is 2.11. The van der Waals surface area contributed by atoms with Crippen molar-refractivity contribution in [1.82, 2.24) is 5.32 Å². The van der Waals surface area contributed by atoms with E-state index in [4.69, 9.17) is 11.6 Å². The maximum absolute atomic E-state index is 14.2. The van der Waals surface area contributed by atoms with Gasteiger partial charge in [-0.05, 0) is 58.4 Å². The van der Waals surface area contributed by atoms with Gasteiger partial charge in [-0.1, -0.05) is 34.5 Å². The Kier molecular flexibility index (Phi) is 5.77. The molecule has 6 heteroatoms. The van der Waals surface area contributed by atoms with Crippen molar-refractivity contribution >= 4 is 43.5 Å². The van der Waals surface area contributed by atoms with E-state index in [1.54, 1.807) is 12.1 Å². The average Bonchev–Trinajstić information content (AvgIpc) is 2.39. The molecule has 1 nitrogen and oxygen atoms in total. The third-order valence-electron chi connectivity index (χ3n) is 2.98. The predicted molar refractivity (Wildman–Crippen MR) is 88.7 cm³/mol. The van der Waals surface area contributed by atoms with Crippen molar-refractivity contribution in [2.24, 2.45) is 0 Å². The molecular weight excluding hydrogens is 427 g/mol. The maximum atomic E-state index is 14.2. The Bertz CT molecular complexity index is 644. The molecule has 0 aromatic heterocycles. The van der Waals surface area contributed by atoms with Gasteiger partial charge in [-0.2, -0.15) is 0 Å². The molecule has 0 aliphatic rings. The van der Waals surface area contributed by atoms with Crippen LogP contribution in [-0.4, -0.2) is 6.54 Å². The zero-order chi connectivity index (χ0) is 15.6. The lowest BCUT2D eigenvalue weighted by Gasteiger charge is -2.20. The first-order chi connectivity index (χ1) is 9.92. The minimum atomic E-state index is -0.504. The normalized spacial score (nSPS) is 12.5. The lowest BCUT2D eigenvalue weighted by Crippen LogP contribution is -2.23. The summed E-state index contributed by atoms with van der Waals surface area (Å²) >= 11 is 12.4. The van der Waals surface area contributed by atoms with Gasteiger partial charge in [0.25, 0.3) is 0 Å². The first-order valence-corrected chi connectivity index (χ1v) is 8.22. The Labute approximate surface area is 144 Å². The Hall–Kier alpha value is -0.490. The molecule has 2 aromatic carbocycles. The van der Waals surface area contributed by atoms with Crippen LogP contribution in [0.1, 0.15) is 24.1 Å². The second-order valence-electron chi connectivity index (χ2n) is 4.48. The van der Waals surface area contributed by atoms with E-state index in [9.17, 15) is 8.78 Å². The van der Waals surface area contributed by atoms with Gasteiger partial charge in [-0.15, -0.1) is 0 Å². The molecule has 0 amide bonds. The fraction of sp³-hybridized carbons (Fsp3) is 0.200. The van der Waals surface area contributed by atoms with Crippen LogP contribution in [0.4, 0.5) is 8.78 Å². The van der Waals surface area contributed by atoms with E-state index in [0.717, 1.165) is 16.1 Å². The summed E-state index contributed by atoms with van der Waals surface area (Å²) < 4.78 is 28.9. The molecule has 0 bridgehead atoms. The molecule has 0 fully saturated rings. The molecule has 2 aromatic rings. The van der Waals surface area contributed by atoms with Crippen LogP contribution >= 0.6 is 43.5 Å². The van der Waals surface area contributed by atoms with Crippen molar-refractivity contribution in [1.29, 1.82) is 0 Å². The molecule has 0 radical (unpaired) electrons. The molecule has 21 heavy (non-hydrogen) atoms. The predicted octanol–water partition coefficient (Wildman–Crippen LogP) is 5.84. The first-order valence-electron chi connectivity index (χ1n) is 6.26. The third kappa shape index (κ3) is 4.03. The van der Waals surface area contributed by atoms with E-state index in [1.807, 2.05) is 13.0 Å². The highest BCUT2D eigenvalue weighted by atomic mass is 79.9. The molecule has 0 aliphatic heterocycles. The number of halogens is 5. The lowest BCUT2D eigenvalue weighted by molar-refractivity contribution is 0.542. The minimum Gasteiger partial charge on any atom is -0.306 e. The molecular formula is C15H12Br2ClF2N. The van der Waals surface area contributed by atoms with Crippen LogP contribution in [0.15, 0.2) is 39.3 Å². The van der Waals surface area contributed by atoms with Crippen LogP contribution in [0.3, 0.4) is 0 Å². The first kappa shape index (κ1) is 16.9. The summed E-state index contributed by atoms with van der Waals surface area (Å²) in [6.07, 6.45) is 0. The summed E-state index contributed by atoms with van der Waals surface area (Å²) in [4.78, 5) is 0. The smallest absolute Gasteiger partial charge is 0.137 e. The van der Waals surface area contributed by atoms with E-state index in [1.165, 1.54) is 6.07 Å². The quantitative estimate of drug-likeness (QED) is 0.590. The lowest BCUT2D eigenvalue weighted by atomic mass is 9.98. The van der Waals surface area contributed by atoms with Crippen molar-refractivity contribution in [3.8, 4) is 0 Å². The van der Waals surface area contributed by atoms with Crippen LogP contribution in [0.25, 0.3) is 0 Å². The molecule has 0 heterocycles. The van der Waals surface area contributed by atoms with Crippen LogP contribution in [-0.2, 0) is 0 Å². The van der Waals surface area contributed by atoms with Crippen molar-refractivity contribution in [3.63, 3.8) is 0 Å². The van der Waals surface area contributed by atoms with Crippen LogP contribution in [0.2, 0.25) is 5.02 Å². The number of hydrogen-bond acceptors (Lipinski definition) is 1. The molecule has 1 unspecified atom stereocenters. The number of rotatable bonds is 4. The summed E-state index contributed by atoms with van der Waals surface area (Å²) in [6.45, 7) is 2.51. The van der Waals surface area contributed by atoms with E-state index < -0.39 is 17.7 Å². The molecule has 0 saturated carbocycles. The van der Waals surface area contributed by atoms with Crippen molar-refractivity contribution in [2.45, 2.75) is 13.0 Å². The topological polar surface area (TPSA) is 12.0 Å². The van der Waals surface area contributed by atoms with Crippen LogP contribution in [0.5, 0.6) is 0 Å². The van der Waals surface area contributed by atoms with E-state index in [-0.39, 0.29) is 10.0 Å². The fourth-order valence-corrected chi connectivity index (χ4v) is 3.31. The van der Waals surface area contributed by atoms with Gasteiger partial charge in [0, 0.05) is 15.1 Å². The van der Waals surface area contributed by atoms with Gasteiger partial charge in [0.2, 0.25) is 0 Å². The average molecular weight is 440 g/mol. The number of benzene rings is 2. The Balaban J connectivity index is 2.55. The van der Waals surface area contributed by atoms with Gasteiger partial charge < -0.3 is 5.32 Å². The largest absolute Gasteiger partial charge is 0.306 e. The highest BCUT2D eigenvalue weighted by molar-refractivity contribution is 9.10. The van der Waals surface area contributed by atoms with Gasteiger partial charge in [-0.25, -0.2) is 8.78 Å². The molecule has 1 N–H and O–H groups in total. The number of nitrogens with one attached hydrogen (secondary N) is 1. The summed E-state index contributed by atoms with van der Waals surface area (Å²) in [5.74, 6) is -0.985. The van der Waals surface area contributed by atoms with E-state index in [0.29, 0.717) is 11.6 Å².